The predicted molar refractivity (Wildman–Crippen MR) is 64.5 cm³/mol. The smallest absolute Gasteiger partial charge is 0.127 e. The first-order chi connectivity index (χ1) is 7.51. The van der Waals surface area contributed by atoms with Gasteiger partial charge in [0.15, 0.2) is 0 Å². The third-order valence-electron chi connectivity index (χ3n) is 1.83. The van der Waals surface area contributed by atoms with Gasteiger partial charge in [-0.1, -0.05) is 0 Å². The first-order valence-electron chi connectivity index (χ1n) is 5.53. The van der Waals surface area contributed by atoms with E-state index in [1.807, 2.05) is 45.9 Å². The van der Waals surface area contributed by atoms with Gasteiger partial charge in [0, 0.05) is 18.2 Å². The minimum absolute atomic E-state index is 0.138. The maximum atomic E-state index is 5.62. The molecule has 3 nitrogen and oxygen atoms in total. The van der Waals surface area contributed by atoms with Crippen molar-refractivity contribution in [3.63, 3.8) is 0 Å². The fraction of sp³-hybridized carbons (Fsp3) is 0.538. The molecule has 0 bridgehead atoms. The molecule has 0 aliphatic heterocycles. The third kappa shape index (κ3) is 4.01. The van der Waals surface area contributed by atoms with Gasteiger partial charge in [0.2, 0.25) is 0 Å². The van der Waals surface area contributed by atoms with Gasteiger partial charge in [-0.2, -0.15) is 0 Å². The summed E-state index contributed by atoms with van der Waals surface area (Å²) in [4.78, 5) is 0. The van der Waals surface area contributed by atoms with E-state index in [4.69, 9.17) is 14.2 Å². The molecule has 0 fully saturated rings. The quantitative estimate of drug-likeness (QED) is 0.768. The highest BCUT2D eigenvalue weighted by molar-refractivity contribution is 5.42. The van der Waals surface area contributed by atoms with Crippen LogP contribution in [0.3, 0.4) is 0 Å². The molecule has 0 aliphatic rings. The monoisotopic (exact) mass is 224 g/mol. The molecular formula is C13H20O3. The molecule has 1 aromatic rings. The van der Waals surface area contributed by atoms with Crippen LogP contribution in [0.2, 0.25) is 0 Å². The molecule has 0 heterocycles. The molecule has 1 aromatic carbocycles. The molecule has 0 saturated heterocycles. The van der Waals surface area contributed by atoms with Crippen molar-refractivity contribution in [3.05, 3.63) is 18.2 Å². The molecule has 1 rings (SSSR count). The van der Waals surface area contributed by atoms with Crippen LogP contribution in [0.4, 0.5) is 0 Å². The third-order valence-corrected chi connectivity index (χ3v) is 1.83. The Morgan fingerprint density at radius 3 is 1.44 bits per heavy atom. The van der Waals surface area contributed by atoms with Gasteiger partial charge in [0.1, 0.15) is 17.2 Å². The van der Waals surface area contributed by atoms with Gasteiger partial charge in [0.25, 0.3) is 0 Å². The fourth-order valence-electron chi connectivity index (χ4n) is 1.34. The van der Waals surface area contributed by atoms with Gasteiger partial charge >= 0.3 is 0 Å². The van der Waals surface area contributed by atoms with Crippen LogP contribution in [0.15, 0.2) is 18.2 Å². The Bertz CT molecular complexity index is 304. The lowest BCUT2D eigenvalue weighted by Crippen LogP contribution is -2.08. The topological polar surface area (TPSA) is 27.7 Å². The fourth-order valence-corrected chi connectivity index (χ4v) is 1.34. The summed E-state index contributed by atoms with van der Waals surface area (Å²) in [5.41, 5.74) is 0. The van der Waals surface area contributed by atoms with Gasteiger partial charge in [0.05, 0.1) is 19.3 Å². The highest BCUT2D eigenvalue weighted by atomic mass is 16.5. The molecule has 0 spiro atoms. The van der Waals surface area contributed by atoms with E-state index in [1.54, 1.807) is 7.11 Å². The molecule has 16 heavy (non-hydrogen) atoms. The molecule has 0 amide bonds. The summed E-state index contributed by atoms with van der Waals surface area (Å²) >= 11 is 0. The second-order valence-corrected chi connectivity index (χ2v) is 4.18. The maximum absolute atomic E-state index is 5.62. The van der Waals surface area contributed by atoms with Crippen LogP contribution in [-0.2, 0) is 0 Å². The summed E-state index contributed by atoms with van der Waals surface area (Å²) in [6.45, 7) is 7.95. The summed E-state index contributed by atoms with van der Waals surface area (Å²) in [6, 6.07) is 5.59. The lowest BCUT2D eigenvalue weighted by atomic mass is 10.3. The van der Waals surface area contributed by atoms with Crippen molar-refractivity contribution in [1.29, 1.82) is 0 Å². The second-order valence-electron chi connectivity index (χ2n) is 4.18. The summed E-state index contributed by atoms with van der Waals surface area (Å²) in [5.74, 6) is 2.28. The Balaban J connectivity index is 2.91. The molecule has 90 valence electrons. The molecule has 0 saturated carbocycles. The summed E-state index contributed by atoms with van der Waals surface area (Å²) in [7, 11) is 1.63. The molecule has 0 radical (unpaired) electrons. The second kappa shape index (κ2) is 5.64. The molecule has 3 heteroatoms. The Labute approximate surface area is 97.3 Å². The van der Waals surface area contributed by atoms with Crippen LogP contribution in [-0.4, -0.2) is 19.3 Å². The van der Waals surface area contributed by atoms with Crippen molar-refractivity contribution in [2.75, 3.05) is 7.11 Å². The largest absolute Gasteiger partial charge is 0.496 e. The molecule has 0 N–H and O–H groups in total. The van der Waals surface area contributed by atoms with E-state index in [1.165, 1.54) is 0 Å². The normalized spacial score (nSPS) is 10.7. The first-order valence-corrected chi connectivity index (χ1v) is 5.53. The number of hydrogen-bond acceptors (Lipinski definition) is 3. The number of rotatable bonds is 5. The zero-order valence-electron chi connectivity index (χ0n) is 10.6. The van der Waals surface area contributed by atoms with E-state index < -0.39 is 0 Å². The lowest BCUT2D eigenvalue weighted by Gasteiger charge is -2.15. The van der Waals surface area contributed by atoms with Crippen LogP contribution >= 0.6 is 0 Å². The van der Waals surface area contributed by atoms with E-state index >= 15 is 0 Å². The average Bonchev–Trinajstić information content (AvgIpc) is 2.14. The van der Waals surface area contributed by atoms with E-state index in [0.717, 1.165) is 17.2 Å². The molecule has 0 aromatic heterocycles. The van der Waals surface area contributed by atoms with Crippen molar-refractivity contribution in [1.82, 2.24) is 0 Å². The van der Waals surface area contributed by atoms with E-state index in [9.17, 15) is 0 Å². The van der Waals surface area contributed by atoms with E-state index in [2.05, 4.69) is 0 Å². The summed E-state index contributed by atoms with van der Waals surface area (Å²) in [5, 5.41) is 0. The minimum atomic E-state index is 0.138. The number of methoxy groups -OCH3 is 1. The maximum Gasteiger partial charge on any atom is 0.127 e. The van der Waals surface area contributed by atoms with Crippen LogP contribution in [0, 0.1) is 0 Å². The highest BCUT2D eigenvalue weighted by Crippen LogP contribution is 2.28. The van der Waals surface area contributed by atoms with Crippen molar-refractivity contribution in [2.45, 2.75) is 39.9 Å². The van der Waals surface area contributed by atoms with Gasteiger partial charge in [-0.3, -0.25) is 0 Å². The predicted octanol–water partition coefficient (Wildman–Crippen LogP) is 3.27. The molecule has 0 aliphatic carbocycles. The summed E-state index contributed by atoms with van der Waals surface area (Å²) in [6.07, 6.45) is 0.276. The standard InChI is InChI=1S/C13H20O3/c1-9(2)15-12-6-11(14-5)7-13(8-12)16-10(3)4/h6-10H,1-5H3. The van der Waals surface area contributed by atoms with Crippen molar-refractivity contribution >= 4 is 0 Å². The van der Waals surface area contributed by atoms with Crippen molar-refractivity contribution in [2.24, 2.45) is 0 Å². The zero-order valence-corrected chi connectivity index (χ0v) is 10.6. The van der Waals surface area contributed by atoms with Crippen molar-refractivity contribution in [3.8, 4) is 17.2 Å². The number of ether oxygens (including phenoxy) is 3. The molecular weight excluding hydrogens is 204 g/mol. The zero-order chi connectivity index (χ0) is 12.1. The molecule has 0 atom stereocenters. The Morgan fingerprint density at radius 1 is 0.750 bits per heavy atom. The molecule has 0 unspecified atom stereocenters. The van der Waals surface area contributed by atoms with Crippen LogP contribution < -0.4 is 14.2 Å². The van der Waals surface area contributed by atoms with E-state index in [-0.39, 0.29) is 12.2 Å². The Hall–Kier alpha value is -1.38. The number of benzene rings is 1. The Kier molecular flexibility index (Phi) is 4.47. The van der Waals surface area contributed by atoms with Crippen molar-refractivity contribution < 1.29 is 14.2 Å². The van der Waals surface area contributed by atoms with Gasteiger partial charge in [-0.15, -0.1) is 0 Å². The first kappa shape index (κ1) is 12.7. The minimum Gasteiger partial charge on any atom is -0.496 e. The van der Waals surface area contributed by atoms with Gasteiger partial charge in [-0.25, -0.2) is 0 Å². The van der Waals surface area contributed by atoms with Gasteiger partial charge < -0.3 is 14.2 Å². The highest BCUT2D eigenvalue weighted by Gasteiger charge is 2.06. The Morgan fingerprint density at radius 2 is 1.12 bits per heavy atom. The SMILES string of the molecule is COc1cc(OC(C)C)cc(OC(C)C)c1. The van der Waals surface area contributed by atoms with E-state index in [0.29, 0.717) is 0 Å². The number of hydrogen-bond donors (Lipinski definition) is 0. The van der Waals surface area contributed by atoms with Crippen LogP contribution in [0.1, 0.15) is 27.7 Å². The van der Waals surface area contributed by atoms with Crippen LogP contribution in [0.5, 0.6) is 17.2 Å². The lowest BCUT2D eigenvalue weighted by molar-refractivity contribution is 0.227. The van der Waals surface area contributed by atoms with Crippen LogP contribution in [0.25, 0.3) is 0 Å². The summed E-state index contributed by atoms with van der Waals surface area (Å²) < 4.78 is 16.4. The average molecular weight is 224 g/mol. The van der Waals surface area contributed by atoms with Gasteiger partial charge in [-0.05, 0) is 27.7 Å².